The third kappa shape index (κ3) is 5.23. The number of rotatable bonds is 5. The van der Waals surface area contributed by atoms with Crippen molar-refractivity contribution in [3.8, 4) is 0 Å². The fourth-order valence-corrected chi connectivity index (χ4v) is 2.08. The summed E-state index contributed by atoms with van der Waals surface area (Å²) in [4.78, 5) is 11.6. The van der Waals surface area contributed by atoms with Gasteiger partial charge < -0.3 is 15.4 Å². The molecule has 0 aromatic heterocycles. The van der Waals surface area contributed by atoms with E-state index in [2.05, 4.69) is 17.6 Å². The first kappa shape index (κ1) is 14.7. The van der Waals surface area contributed by atoms with Gasteiger partial charge in [0.2, 0.25) is 5.91 Å². The fourth-order valence-electron chi connectivity index (χ4n) is 2.08. The first-order chi connectivity index (χ1) is 7.75. The lowest BCUT2D eigenvalue weighted by Gasteiger charge is -2.30. The van der Waals surface area contributed by atoms with E-state index in [0.717, 1.165) is 32.0 Å². The minimum absolute atomic E-state index is 0. The molecule has 1 saturated heterocycles. The number of ether oxygens (including phenoxy) is 1. The second-order valence-electron chi connectivity index (χ2n) is 5.10. The number of hydrogen-bond acceptors (Lipinski definition) is 3. The third-order valence-corrected chi connectivity index (χ3v) is 3.42. The highest BCUT2D eigenvalue weighted by Crippen LogP contribution is 2.28. The summed E-state index contributed by atoms with van der Waals surface area (Å²) in [6.07, 6.45) is 3.56. The van der Waals surface area contributed by atoms with Crippen LogP contribution in [-0.2, 0) is 9.53 Å². The lowest BCUT2D eigenvalue weighted by Crippen LogP contribution is -2.49. The molecule has 1 amide bonds. The summed E-state index contributed by atoms with van der Waals surface area (Å²) in [6.45, 7) is 5.15. The van der Waals surface area contributed by atoms with E-state index < -0.39 is 0 Å². The number of hydrogen-bond donors (Lipinski definition) is 2. The average molecular weight is 263 g/mol. The predicted molar refractivity (Wildman–Crippen MR) is 69.4 cm³/mol. The Bertz CT molecular complexity index is 247. The van der Waals surface area contributed by atoms with Crippen LogP contribution in [0.15, 0.2) is 0 Å². The van der Waals surface area contributed by atoms with Crippen molar-refractivity contribution in [3.05, 3.63) is 0 Å². The summed E-state index contributed by atoms with van der Waals surface area (Å²) in [5.74, 6) is 1.28. The van der Waals surface area contributed by atoms with Gasteiger partial charge in [0.25, 0.3) is 0 Å². The normalized spacial score (nSPS) is 28.3. The number of piperidine rings is 1. The molecule has 2 aliphatic rings. The van der Waals surface area contributed by atoms with Gasteiger partial charge in [-0.25, -0.2) is 0 Å². The van der Waals surface area contributed by atoms with Gasteiger partial charge in [-0.3, -0.25) is 4.79 Å². The maximum absolute atomic E-state index is 11.6. The van der Waals surface area contributed by atoms with Gasteiger partial charge in [-0.15, -0.1) is 12.4 Å². The standard InChI is InChI=1S/C12H22N2O2.ClH/c1-9-6-13-5-4-11(9)14-12(15)8-16-7-10-2-3-10;/h9-11,13H,2-8H2,1H3,(H,14,15);1H. The van der Waals surface area contributed by atoms with Crippen molar-refractivity contribution < 1.29 is 9.53 Å². The van der Waals surface area contributed by atoms with E-state index in [1.54, 1.807) is 0 Å². The van der Waals surface area contributed by atoms with Gasteiger partial charge in [0.15, 0.2) is 0 Å². The van der Waals surface area contributed by atoms with Crippen LogP contribution < -0.4 is 10.6 Å². The maximum atomic E-state index is 11.6. The third-order valence-electron chi connectivity index (χ3n) is 3.42. The molecule has 17 heavy (non-hydrogen) atoms. The molecule has 2 unspecified atom stereocenters. The lowest BCUT2D eigenvalue weighted by molar-refractivity contribution is -0.127. The molecule has 100 valence electrons. The summed E-state index contributed by atoms with van der Waals surface area (Å²) < 4.78 is 5.37. The van der Waals surface area contributed by atoms with Gasteiger partial charge >= 0.3 is 0 Å². The van der Waals surface area contributed by atoms with Gasteiger partial charge in [0, 0.05) is 6.04 Å². The topological polar surface area (TPSA) is 50.4 Å². The van der Waals surface area contributed by atoms with Crippen LogP contribution in [0.3, 0.4) is 0 Å². The molecule has 0 bridgehead atoms. The number of carbonyl (C=O) groups is 1. The van der Waals surface area contributed by atoms with Gasteiger partial charge in [0.1, 0.15) is 6.61 Å². The number of nitrogens with one attached hydrogen (secondary N) is 2. The van der Waals surface area contributed by atoms with Crippen molar-refractivity contribution in [1.82, 2.24) is 10.6 Å². The smallest absolute Gasteiger partial charge is 0.246 e. The van der Waals surface area contributed by atoms with Crippen LogP contribution in [0.5, 0.6) is 0 Å². The Morgan fingerprint density at radius 3 is 2.82 bits per heavy atom. The Labute approximate surface area is 109 Å². The van der Waals surface area contributed by atoms with Crippen molar-refractivity contribution in [2.24, 2.45) is 11.8 Å². The van der Waals surface area contributed by atoms with E-state index in [4.69, 9.17) is 4.74 Å². The molecule has 1 saturated carbocycles. The van der Waals surface area contributed by atoms with E-state index in [9.17, 15) is 4.79 Å². The zero-order valence-electron chi connectivity index (χ0n) is 10.4. The van der Waals surface area contributed by atoms with E-state index in [-0.39, 0.29) is 24.9 Å². The van der Waals surface area contributed by atoms with E-state index in [0.29, 0.717) is 12.0 Å². The zero-order valence-corrected chi connectivity index (χ0v) is 11.2. The molecular weight excluding hydrogens is 240 g/mol. The Hall–Kier alpha value is -0.320. The Kier molecular flexibility index (Phi) is 6.23. The summed E-state index contributed by atoms with van der Waals surface area (Å²) in [5, 5.41) is 6.38. The highest BCUT2D eigenvalue weighted by atomic mass is 35.5. The summed E-state index contributed by atoms with van der Waals surface area (Å²) in [7, 11) is 0. The molecule has 0 spiro atoms. The SMILES string of the molecule is CC1CNCCC1NC(=O)COCC1CC1.Cl. The Morgan fingerprint density at radius 2 is 2.18 bits per heavy atom. The zero-order chi connectivity index (χ0) is 11.4. The molecule has 0 aromatic rings. The highest BCUT2D eigenvalue weighted by Gasteiger charge is 2.24. The predicted octanol–water partition coefficient (Wildman–Crippen LogP) is 0.949. The van der Waals surface area contributed by atoms with Crippen LogP contribution in [0.1, 0.15) is 26.2 Å². The largest absolute Gasteiger partial charge is 0.371 e. The minimum atomic E-state index is 0. The van der Waals surface area contributed by atoms with Crippen molar-refractivity contribution in [1.29, 1.82) is 0 Å². The highest BCUT2D eigenvalue weighted by molar-refractivity contribution is 5.85. The molecule has 2 atom stereocenters. The number of halogens is 1. The summed E-state index contributed by atoms with van der Waals surface area (Å²) in [5.41, 5.74) is 0. The van der Waals surface area contributed by atoms with Crippen molar-refractivity contribution in [3.63, 3.8) is 0 Å². The summed E-state index contributed by atoms with van der Waals surface area (Å²) in [6, 6.07) is 0.318. The number of carbonyl (C=O) groups excluding carboxylic acids is 1. The molecule has 5 heteroatoms. The summed E-state index contributed by atoms with van der Waals surface area (Å²) >= 11 is 0. The van der Waals surface area contributed by atoms with E-state index in [1.807, 2.05) is 0 Å². The van der Waals surface area contributed by atoms with Crippen molar-refractivity contribution in [2.75, 3.05) is 26.3 Å². The lowest BCUT2D eigenvalue weighted by atomic mass is 9.95. The molecule has 1 aliphatic carbocycles. The van der Waals surface area contributed by atoms with Crippen LogP contribution in [0.4, 0.5) is 0 Å². The second kappa shape index (κ2) is 7.19. The Balaban J connectivity index is 0.00000144. The molecule has 2 N–H and O–H groups in total. The molecule has 2 rings (SSSR count). The molecule has 2 fully saturated rings. The first-order valence-electron chi connectivity index (χ1n) is 6.33. The molecule has 0 radical (unpaired) electrons. The average Bonchev–Trinajstić information content (AvgIpc) is 3.05. The van der Waals surface area contributed by atoms with Gasteiger partial charge in [-0.1, -0.05) is 6.92 Å². The molecule has 1 heterocycles. The number of amides is 1. The molecule has 4 nitrogen and oxygen atoms in total. The maximum Gasteiger partial charge on any atom is 0.246 e. The first-order valence-corrected chi connectivity index (χ1v) is 6.33. The minimum Gasteiger partial charge on any atom is -0.371 e. The Morgan fingerprint density at radius 1 is 1.41 bits per heavy atom. The van der Waals surface area contributed by atoms with Gasteiger partial charge in [-0.05, 0) is 44.2 Å². The van der Waals surface area contributed by atoms with Crippen LogP contribution in [-0.4, -0.2) is 38.3 Å². The molecular formula is C12H23ClN2O2. The second-order valence-corrected chi connectivity index (χ2v) is 5.10. The van der Waals surface area contributed by atoms with Gasteiger partial charge in [-0.2, -0.15) is 0 Å². The monoisotopic (exact) mass is 262 g/mol. The van der Waals surface area contributed by atoms with Crippen LogP contribution in [0, 0.1) is 11.8 Å². The molecule has 0 aromatic carbocycles. The van der Waals surface area contributed by atoms with Crippen LogP contribution in [0.25, 0.3) is 0 Å². The van der Waals surface area contributed by atoms with Crippen LogP contribution >= 0.6 is 12.4 Å². The quantitative estimate of drug-likeness (QED) is 0.776. The van der Waals surface area contributed by atoms with E-state index >= 15 is 0 Å². The molecule has 1 aliphatic heterocycles. The van der Waals surface area contributed by atoms with Crippen LogP contribution in [0.2, 0.25) is 0 Å². The van der Waals surface area contributed by atoms with Crippen molar-refractivity contribution >= 4 is 18.3 Å². The van der Waals surface area contributed by atoms with Crippen molar-refractivity contribution in [2.45, 2.75) is 32.2 Å². The van der Waals surface area contributed by atoms with Gasteiger partial charge in [0.05, 0.1) is 6.61 Å². The van der Waals surface area contributed by atoms with E-state index in [1.165, 1.54) is 12.8 Å². The fraction of sp³-hybridized carbons (Fsp3) is 0.917.